The first-order valence-electron chi connectivity index (χ1n) is 6.27. The van der Waals surface area contributed by atoms with Crippen LogP contribution in [0.3, 0.4) is 0 Å². The van der Waals surface area contributed by atoms with Gasteiger partial charge in [0.15, 0.2) is 0 Å². The lowest BCUT2D eigenvalue weighted by Crippen LogP contribution is -2.50. The molecule has 2 aliphatic heterocycles. The van der Waals surface area contributed by atoms with Crippen LogP contribution in [-0.4, -0.2) is 33.5 Å². The largest absolute Gasteiger partial charge is 0.479 e. The lowest BCUT2D eigenvalue weighted by atomic mass is 9.88. The number of carboxylic acid groups (broad SMARTS) is 1. The normalized spacial score (nSPS) is 29.6. The lowest BCUT2D eigenvalue weighted by Gasteiger charge is -2.30. The number of amides is 1. The Bertz CT molecular complexity index is 489. The molecule has 0 atom stereocenters. The Morgan fingerprint density at radius 2 is 1.78 bits per heavy atom. The van der Waals surface area contributed by atoms with Crippen LogP contribution in [0, 0.1) is 0 Å². The van der Waals surface area contributed by atoms with E-state index in [-0.39, 0.29) is 11.9 Å². The second-order valence-corrected chi connectivity index (χ2v) is 5.11. The number of hydrogen-bond donors (Lipinski definition) is 1. The van der Waals surface area contributed by atoms with Crippen molar-refractivity contribution in [1.82, 2.24) is 4.90 Å². The van der Waals surface area contributed by atoms with Gasteiger partial charge in [-0.2, -0.15) is 0 Å². The van der Waals surface area contributed by atoms with Crippen molar-refractivity contribution < 1.29 is 14.7 Å². The van der Waals surface area contributed by atoms with E-state index in [9.17, 15) is 14.7 Å². The SMILES string of the molecule is O=C(c1ccccc1)N1C2CCC1(C(=O)O)CC2. The maximum atomic E-state index is 12.5. The zero-order valence-corrected chi connectivity index (χ0v) is 10.0. The Kier molecular flexibility index (Phi) is 2.40. The number of carbonyl (C=O) groups excluding carboxylic acids is 1. The van der Waals surface area contributed by atoms with E-state index in [4.69, 9.17) is 0 Å². The fraction of sp³-hybridized carbons (Fsp3) is 0.429. The van der Waals surface area contributed by atoms with E-state index in [1.54, 1.807) is 29.2 Å². The van der Waals surface area contributed by atoms with E-state index in [1.165, 1.54) is 0 Å². The lowest BCUT2D eigenvalue weighted by molar-refractivity contribution is -0.147. The topological polar surface area (TPSA) is 57.6 Å². The van der Waals surface area contributed by atoms with Crippen molar-refractivity contribution in [1.29, 1.82) is 0 Å². The summed E-state index contributed by atoms with van der Waals surface area (Å²) in [5.41, 5.74) is -0.366. The fourth-order valence-electron chi connectivity index (χ4n) is 3.33. The number of nitrogens with zero attached hydrogens (tertiary/aromatic N) is 1. The molecule has 2 bridgehead atoms. The summed E-state index contributed by atoms with van der Waals surface area (Å²) in [5.74, 6) is -0.996. The van der Waals surface area contributed by atoms with Crippen LogP contribution in [0.4, 0.5) is 0 Å². The Balaban J connectivity index is 1.97. The van der Waals surface area contributed by atoms with Crippen molar-refractivity contribution in [3.63, 3.8) is 0 Å². The number of carbonyl (C=O) groups is 2. The van der Waals surface area contributed by atoms with Crippen LogP contribution in [0.25, 0.3) is 0 Å². The predicted octanol–water partition coefficient (Wildman–Crippen LogP) is 1.91. The molecule has 2 heterocycles. The highest BCUT2D eigenvalue weighted by atomic mass is 16.4. The minimum Gasteiger partial charge on any atom is -0.479 e. The van der Waals surface area contributed by atoms with Gasteiger partial charge >= 0.3 is 5.97 Å². The molecule has 0 unspecified atom stereocenters. The fourth-order valence-corrected chi connectivity index (χ4v) is 3.33. The predicted molar refractivity (Wildman–Crippen MR) is 65.2 cm³/mol. The maximum Gasteiger partial charge on any atom is 0.329 e. The van der Waals surface area contributed by atoms with Crippen molar-refractivity contribution in [3.8, 4) is 0 Å². The summed E-state index contributed by atoms with van der Waals surface area (Å²) < 4.78 is 0. The molecule has 0 spiro atoms. The molecule has 1 aromatic carbocycles. The molecule has 3 rings (SSSR count). The molecule has 4 heteroatoms. The molecular formula is C14H15NO3. The van der Waals surface area contributed by atoms with Gasteiger partial charge in [0.25, 0.3) is 5.91 Å². The van der Waals surface area contributed by atoms with Crippen LogP contribution in [0.1, 0.15) is 36.0 Å². The molecule has 0 aromatic heterocycles. The standard InChI is InChI=1S/C14H15NO3/c16-12(10-4-2-1-3-5-10)15-11-6-8-14(15,9-7-11)13(17)18/h1-5,11H,6-9H2,(H,17,18). The van der Waals surface area contributed by atoms with E-state index in [0.717, 1.165) is 12.8 Å². The van der Waals surface area contributed by atoms with Gasteiger partial charge in [0.1, 0.15) is 5.54 Å². The number of benzene rings is 1. The number of carboxylic acids is 1. The summed E-state index contributed by atoms with van der Waals surface area (Å²) in [6, 6.07) is 9.05. The Morgan fingerprint density at radius 3 is 2.33 bits per heavy atom. The van der Waals surface area contributed by atoms with Gasteiger partial charge in [-0.05, 0) is 37.8 Å². The summed E-state index contributed by atoms with van der Waals surface area (Å²) in [6.45, 7) is 0. The first-order valence-corrected chi connectivity index (χ1v) is 6.27. The maximum absolute atomic E-state index is 12.5. The molecule has 4 nitrogen and oxygen atoms in total. The van der Waals surface area contributed by atoms with Gasteiger partial charge in [-0.1, -0.05) is 18.2 Å². The Labute approximate surface area is 105 Å². The second-order valence-electron chi connectivity index (χ2n) is 5.11. The van der Waals surface area contributed by atoms with Gasteiger partial charge in [0.05, 0.1) is 0 Å². The minimum absolute atomic E-state index is 0.105. The zero-order valence-electron chi connectivity index (χ0n) is 10.0. The van der Waals surface area contributed by atoms with E-state index in [2.05, 4.69) is 0 Å². The Morgan fingerprint density at radius 1 is 1.17 bits per heavy atom. The first kappa shape index (κ1) is 11.3. The van der Waals surface area contributed by atoms with E-state index in [1.807, 2.05) is 6.07 Å². The van der Waals surface area contributed by atoms with Crippen molar-refractivity contribution >= 4 is 11.9 Å². The van der Waals surface area contributed by atoms with Gasteiger partial charge in [-0.15, -0.1) is 0 Å². The van der Waals surface area contributed by atoms with Crippen LogP contribution in [0.15, 0.2) is 30.3 Å². The molecule has 1 amide bonds. The summed E-state index contributed by atoms with van der Waals surface area (Å²) in [7, 11) is 0. The average Bonchev–Trinajstić information content (AvgIpc) is 2.95. The van der Waals surface area contributed by atoms with Crippen LogP contribution in [-0.2, 0) is 4.79 Å². The van der Waals surface area contributed by atoms with Crippen molar-refractivity contribution in [2.75, 3.05) is 0 Å². The van der Waals surface area contributed by atoms with Crippen LogP contribution in [0.5, 0.6) is 0 Å². The van der Waals surface area contributed by atoms with Crippen molar-refractivity contribution in [2.24, 2.45) is 0 Å². The van der Waals surface area contributed by atoms with Crippen molar-refractivity contribution in [2.45, 2.75) is 37.3 Å². The molecule has 18 heavy (non-hydrogen) atoms. The molecule has 1 N–H and O–H groups in total. The third kappa shape index (κ3) is 1.38. The second kappa shape index (κ2) is 3.83. The number of rotatable bonds is 2. The Hall–Kier alpha value is -1.84. The van der Waals surface area contributed by atoms with E-state index >= 15 is 0 Å². The smallest absolute Gasteiger partial charge is 0.329 e. The number of hydrogen-bond acceptors (Lipinski definition) is 2. The van der Waals surface area contributed by atoms with Crippen LogP contribution in [0.2, 0.25) is 0 Å². The van der Waals surface area contributed by atoms with Gasteiger partial charge in [0, 0.05) is 11.6 Å². The van der Waals surface area contributed by atoms with Gasteiger partial charge in [0.2, 0.25) is 0 Å². The van der Waals surface area contributed by atoms with Crippen molar-refractivity contribution in [3.05, 3.63) is 35.9 Å². The minimum atomic E-state index is -0.947. The molecule has 1 aromatic rings. The molecule has 2 saturated heterocycles. The zero-order chi connectivity index (χ0) is 12.8. The first-order chi connectivity index (χ1) is 8.65. The summed E-state index contributed by atoms with van der Waals surface area (Å²) in [5, 5.41) is 9.46. The molecule has 2 aliphatic rings. The van der Waals surface area contributed by atoms with E-state index < -0.39 is 11.5 Å². The summed E-state index contributed by atoms with van der Waals surface area (Å²) in [4.78, 5) is 25.6. The number of fused-ring (bicyclic) bond motifs is 2. The molecule has 0 aliphatic carbocycles. The average molecular weight is 245 g/mol. The quantitative estimate of drug-likeness (QED) is 0.865. The van der Waals surface area contributed by atoms with E-state index in [0.29, 0.717) is 18.4 Å². The third-order valence-electron chi connectivity index (χ3n) is 4.25. The van der Waals surface area contributed by atoms with Gasteiger partial charge in [-0.3, -0.25) is 4.79 Å². The highest BCUT2D eigenvalue weighted by Crippen LogP contribution is 2.47. The van der Waals surface area contributed by atoms with Gasteiger partial charge in [-0.25, -0.2) is 4.79 Å². The summed E-state index contributed by atoms with van der Waals surface area (Å²) in [6.07, 6.45) is 2.80. The monoisotopic (exact) mass is 245 g/mol. The van der Waals surface area contributed by atoms with Crippen LogP contribution >= 0.6 is 0 Å². The van der Waals surface area contributed by atoms with Crippen LogP contribution < -0.4 is 0 Å². The highest BCUT2D eigenvalue weighted by molar-refractivity contribution is 5.99. The highest BCUT2D eigenvalue weighted by Gasteiger charge is 2.58. The summed E-state index contributed by atoms with van der Waals surface area (Å²) >= 11 is 0. The third-order valence-corrected chi connectivity index (χ3v) is 4.25. The molecule has 0 radical (unpaired) electrons. The van der Waals surface area contributed by atoms with Gasteiger partial charge < -0.3 is 10.0 Å². The molecular weight excluding hydrogens is 230 g/mol. The molecule has 94 valence electrons. The molecule has 2 fully saturated rings. The molecule has 0 saturated carbocycles. The number of aliphatic carboxylic acids is 1.